The van der Waals surface area contributed by atoms with Crippen LogP contribution in [0.1, 0.15) is 5.56 Å². The number of benzene rings is 3. The molecule has 6 rings (SSSR count). The van der Waals surface area contributed by atoms with Crippen molar-refractivity contribution in [1.82, 2.24) is 19.5 Å². The van der Waals surface area contributed by atoms with Crippen LogP contribution in [0.25, 0.3) is 22.6 Å². The Labute approximate surface area is 276 Å². The fraction of sp³-hybridized carbons (Fsp3) is 0.167. The van der Waals surface area contributed by atoms with Gasteiger partial charge < -0.3 is 29.2 Å². The number of nitrogens with zero attached hydrogens (tertiary/aromatic N) is 6. The van der Waals surface area contributed by atoms with Crippen LogP contribution >= 0.6 is 23.2 Å². The molecule has 17 heteroatoms. The minimum Gasteiger partial charge on any atom is -0.490 e. The van der Waals surface area contributed by atoms with Crippen molar-refractivity contribution in [2.75, 3.05) is 13.2 Å². The Morgan fingerprint density at radius 2 is 1.68 bits per heavy atom. The van der Waals surface area contributed by atoms with Crippen molar-refractivity contribution in [3.8, 4) is 28.4 Å². The molecular formula is C30H26Cl2N6O9. The summed E-state index contributed by atoms with van der Waals surface area (Å²) in [6, 6.07) is 24.8. The van der Waals surface area contributed by atoms with E-state index in [0.717, 1.165) is 16.8 Å². The first-order valence-electron chi connectivity index (χ1n) is 13.6. The lowest BCUT2D eigenvalue weighted by Gasteiger charge is -2.30. The highest BCUT2D eigenvalue weighted by molar-refractivity contribution is 6.35. The quantitative estimate of drug-likeness (QED) is 0.144. The van der Waals surface area contributed by atoms with Gasteiger partial charge in [-0.25, -0.2) is 15.0 Å². The van der Waals surface area contributed by atoms with E-state index in [1.807, 2.05) is 77.5 Å². The number of hydrogen-bond acceptors (Lipinski definition) is 10. The predicted molar refractivity (Wildman–Crippen MR) is 167 cm³/mol. The van der Waals surface area contributed by atoms with Gasteiger partial charge in [0.25, 0.3) is 10.2 Å². The van der Waals surface area contributed by atoms with E-state index in [0.29, 0.717) is 40.3 Å². The largest absolute Gasteiger partial charge is 0.490 e. The van der Waals surface area contributed by atoms with Gasteiger partial charge in [-0.15, -0.1) is 20.2 Å². The Morgan fingerprint density at radius 1 is 0.979 bits per heavy atom. The number of para-hydroxylation sites is 1. The molecule has 1 saturated heterocycles. The van der Waals surface area contributed by atoms with Gasteiger partial charge in [0.2, 0.25) is 5.79 Å². The highest BCUT2D eigenvalue weighted by Gasteiger charge is 2.45. The standard InChI is InChI=1S/C30H24Cl2N4O3.2HNO3/c31-22-10-11-25(26(32)16-22)30(19-36-15-14-33-20-36)38-18-23(39-30)17-37-28-9-5-4-8-24(28)27-12-13-34-29(35-27)21-6-2-1-3-7-21;2*2-1(3)4/h1-16,20,23H,17-19H2;2*(H,2,3,4)/t23-,30-;;/m1../s1. The van der Waals surface area contributed by atoms with Gasteiger partial charge in [-0.05, 0) is 30.3 Å². The van der Waals surface area contributed by atoms with Crippen LogP contribution in [0.15, 0.2) is 104 Å². The van der Waals surface area contributed by atoms with Crippen LogP contribution in [0.5, 0.6) is 5.75 Å². The van der Waals surface area contributed by atoms with E-state index < -0.39 is 16.0 Å². The monoisotopic (exact) mass is 684 g/mol. The molecule has 47 heavy (non-hydrogen) atoms. The zero-order valence-electron chi connectivity index (χ0n) is 24.2. The van der Waals surface area contributed by atoms with E-state index in [-0.39, 0.29) is 12.7 Å². The smallest absolute Gasteiger partial charge is 0.291 e. The molecule has 2 N–H and O–H groups in total. The molecule has 244 valence electrons. The maximum Gasteiger partial charge on any atom is 0.291 e. The number of halogens is 2. The Hall–Kier alpha value is -5.35. The van der Waals surface area contributed by atoms with Crippen LogP contribution in [0.2, 0.25) is 10.0 Å². The Kier molecular flexibility index (Phi) is 12.0. The third-order valence-electron chi connectivity index (χ3n) is 6.43. The van der Waals surface area contributed by atoms with Gasteiger partial charge in [0.1, 0.15) is 18.5 Å². The van der Waals surface area contributed by atoms with Crippen LogP contribution in [0.4, 0.5) is 0 Å². The van der Waals surface area contributed by atoms with E-state index >= 15 is 0 Å². The fourth-order valence-corrected chi connectivity index (χ4v) is 5.15. The fourth-order valence-electron chi connectivity index (χ4n) is 4.60. The van der Waals surface area contributed by atoms with E-state index in [9.17, 15) is 0 Å². The third kappa shape index (κ3) is 9.82. The molecule has 0 spiro atoms. The molecule has 3 aromatic carbocycles. The number of imidazole rings is 1. The molecule has 0 saturated carbocycles. The lowest BCUT2D eigenvalue weighted by atomic mass is 10.1. The number of ether oxygens (including phenoxy) is 3. The Morgan fingerprint density at radius 3 is 2.36 bits per heavy atom. The van der Waals surface area contributed by atoms with Crippen LogP contribution in [-0.4, -0.2) is 59.4 Å². The summed E-state index contributed by atoms with van der Waals surface area (Å²) in [5.74, 6) is 0.225. The predicted octanol–water partition coefficient (Wildman–Crippen LogP) is 5.97. The van der Waals surface area contributed by atoms with E-state index in [4.69, 9.17) is 73.0 Å². The molecule has 1 fully saturated rings. The number of rotatable bonds is 8. The molecule has 0 amide bonds. The molecule has 0 radical (unpaired) electrons. The van der Waals surface area contributed by atoms with Crippen molar-refractivity contribution >= 4 is 23.2 Å². The molecule has 2 aromatic heterocycles. The number of aromatic nitrogens is 4. The molecular weight excluding hydrogens is 659 g/mol. The Balaban J connectivity index is 0.000000564. The minimum atomic E-state index is -1.50. The molecule has 0 aliphatic carbocycles. The first-order valence-corrected chi connectivity index (χ1v) is 14.3. The zero-order chi connectivity index (χ0) is 33.8. The minimum absolute atomic E-state index is 0.268. The summed E-state index contributed by atoms with van der Waals surface area (Å²) in [5, 5.41) is 28.3. The second-order valence-electron chi connectivity index (χ2n) is 9.58. The normalized spacial score (nSPS) is 16.6. The van der Waals surface area contributed by atoms with Gasteiger partial charge in [-0.2, -0.15) is 0 Å². The van der Waals surface area contributed by atoms with Crippen molar-refractivity contribution in [3.63, 3.8) is 0 Å². The first-order chi connectivity index (χ1) is 22.6. The summed E-state index contributed by atoms with van der Waals surface area (Å²) in [7, 11) is 0. The van der Waals surface area contributed by atoms with Crippen molar-refractivity contribution < 1.29 is 34.8 Å². The summed E-state index contributed by atoms with van der Waals surface area (Å²) in [4.78, 5) is 30.1. The molecule has 15 nitrogen and oxygen atoms in total. The van der Waals surface area contributed by atoms with Crippen LogP contribution in [0.3, 0.4) is 0 Å². The van der Waals surface area contributed by atoms with Crippen molar-refractivity contribution in [3.05, 3.63) is 140 Å². The van der Waals surface area contributed by atoms with Crippen LogP contribution in [0, 0.1) is 20.2 Å². The van der Waals surface area contributed by atoms with Gasteiger partial charge in [-0.1, -0.05) is 71.7 Å². The average molecular weight is 685 g/mol. The van der Waals surface area contributed by atoms with Gasteiger partial charge in [0.05, 0.1) is 30.2 Å². The summed E-state index contributed by atoms with van der Waals surface area (Å²) in [6.07, 6.45) is 6.68. The average Bonchev–Trinajstić information content (AvgIpc) is 3.71. The van der Waals surface area contributed by atoms with Crippen LogP contribution in [-0.2, 0) is 21.8 Å². The summed E-state index contributed by atoms with van der Waals surface area (Å²) in [6.45, 7) is 0.955. The van der Waals surface area contributed by atoms with Crippen molar-refractivity contribution in [2.24, 2.45) is 0 Å². The molecule has 5 aromatic rings. The van der Waals surface area contributed by atoms with E-state index in [1.165, 1.54) is 0 Å². The highest BCUT2D eigenvalue weighted by Crippen LogP contribution is 2.41. The van der Waals surface area contributed by atoms with E-state index in [1.54, 1.807) is 30.9 Å². The van der Waals surface area contributed by atoms with Gasteiger partial charge >= 0.3 is 0 Å². The second kappa shape index (κ2) is 16.3. The SMILES string of the molecule is Clc1ccc([C@]2(Cn3ccnc3)OC[C@@H](COc3ccccc3-c3ccnc(-c4ccccc4)n3)O2)c(Cl)c1.O=[N+]([O-])O.O=[N+]([O-])O. The summed E-state index contributed by atoms with van der Waals surface area (Å²) >= 11 is 12.8. The first kappa shape index (κ1) is 34.5. The molecule has 1 aliphatic heterocycles. The van der Waals surface area contributed by atoms with Gasteiger partial charge in [0, 0.05) is 40.3 Å². The number of hydrogen-bond donors (Lipinski definition) is 2. The highest BCUT2D eigenvalue weighted by atomic mass is 35.5. The third-order valence-corrected chi connectivity index (χ3v) is 6.97. The van der Waals surface area contributed by atoms with Crippen molar-refractivity contribution in [2.45, 2.75) is 18.4 Å². The van der Waals surface area contributed by atoms with Crippen LogP contribution < -0.4 is 4.74 Å². The van der Waals surface area contributed by atoms with E-state index in [2.05, 4.69) is 9.97 Å². The van der Waals surface area contributed by atoms with Gasteiger partial charge in [0.15, 0.2) is 5.82 Å². The molecule has 1 aliphatic rings. The maximum absolute atomic E-state index is 8.36. The maximum atomic E-state index is 8.36. The summed E-state index contributed by atoms with van der Waals surface area (Å²) in [5.41, 5.74) is 3.27. The molecule has 0 bridgehead atoms. The van der Waals surface area contributed by atoms with Crippen molar-refractivity contribution in [1.29, 1.82) is 0 Å². The molecule has 0 unspecified atom stereocenters. The Bertz CT molecular complexity index is 1760. The topological polar surface area (TPSA) is 198 Å². The molecule has 3 heterocycles. The summed E-state index contributed by atoms with van der Waals surface area (Å²) < 4.78 is 21.0. The second-order valence-corrected chi connectivity index (χ2v) is 10.4. The molecule has 2 atom stereocenters. The lowest BCUT2D eigenvalue weighted by molar-refractivity contribution is -0.742. The van der Waals surface area contributed by atoms with Gasteiger partial charge in [-0.3, -0.25) is 0 Å². The lowest BCUT2D eigenvalue weighted by Crippen LogP contribution is -2.34. The zero-order valence-corrected chi connectivity index (χ0v) is 25.7.